The molecule has 46 heavy (non-hydrogen) atoms. The zero-order chi connectivity index (χ0) is 32.5. The molecule has 4 fully saturated rings. The topological polar surface area (TPSA) is 12.9 Å². The van der Waals surface area contributed by atoms with Crippen LogP contribution < -0.4 is 21.6 Å². The second-order valence-corrected chi connectivity index (χ2v) is 22.0. The summed E-state index contributed by atoms with van der Waals surface area (Å²) in [6.45, 7) is 21.4. The summed E-state index contributed by atoms with van der Waals surface area (Å²) in [6, 6.07) is 21.4. The van der Waals surface area contributed by atoms with E-state index in [9.17, 15) is 0 Å². The molecule has 1 aromatic heterocycles. The smallest absolute Gasteiger partial charge is 0.242 e. The van der Waals surface area contributed by atoms with Crippen molar-refractivity contribution in [2.75, 3.05) is 0 Å². The number of nitrogens with zero attached hydrogens (tertiary/aromatic N) is 1. The molecule has 0 N–H and O–H groups in total. The minimum Gasteiger partial charge on any atom is -0.256 e. The molecule has 4 aliphatic rings. The van der Waals surface area contributed by atoms with Gasteiger partial charge in [-0.25, -0.2) is 0 Å². The van der Waals surface area contributed by atoms with Crippen LogP contribution in [-0.2, 0) is 6.42 Å². The fourth-order valence-electron chi connectivity index (χ4n) is 10.8. The lowest BCUT2D eigenvalue weighted by atomic mass is 9.34. The summed E-state index contributed by atoms with van der Waals surface area (Å²) in [5.74, 6) is 4.83. The highest BCUT2D eigenvalue weighted by Gasteiger charge is 2.48. The van der Waals surface area contributed by atoms with Crippen LogP contribution in [0.3, 0.4) is 0 Å². The normalized spacial score (nSPS) is 23.6. The second kappa shape index (κ2) is 12.0. The standard InChI is InChI=1S/C43H54BNSi/c1-26-13-28(3)42(29(4)14-26)44(43-30(5)15-27(2)16-31(43)6)38-12-10-11-34(22-38)40-24-37(41(25-45-40)46(7,8)9)23-39-35-18-32-17-33(20-35)21-36(39)19-32/h10-16,22,24-25,32-33,35-36,39H,17-21,23H2,1-9H3. The van der Waals surface area contributed by atoms with E-state index in [2.05, 4.69) is 122 Å². The van der Waals surface area contributed by atoms with Crippen molar-refractivity contribution < 1.29 is 0 Å². The summed E-state index contributed by atoms with van der Waals surface area (Å²) in [4.78, 5) is 5.23. The summed E-state index contributed by atoms with van der Waals surface area (Å²) in [5.41, 5.74) is 16.4. The molecule has 3 aromatic carbocycles. The molecule has 0 unspecified atom stereocenters. The van der Waals surface area contributed by atoms with Crippen molar-refractivity contribution >= 4 is 36.4 Å². The Labute approximate surface area is 280 Å². The minimum absolute atomic E-state index is 0.176. The van der Waals surface area contributed by atoms with E-state index in [0.717, 1.165) is 35.3 Å². The first kappa shape index (κ1) is 31.7. The number of aromatic nitrogens is 1. The average molecular weight is 624 g/mol. The third-order valence-electron chi connectivity index (χ3n) is 12.2. The Morgan fingerprint density at radius 3 is 1.70 bits per heavy atom. The van der Waals surface area contributed by atoms with E-state index in [0.29, 0.717) is 0 Å². The van der Waals surface area contributed by atoms with Gasteiger partial charge >= 0.3 is 0 Å². The number of rotatable bonds is 7. The maximum Gasteiger partial charge on any atom is 0.242 e. The Balaban J connectivity index is 1.32. The van der Waals surface area contributed by atoms with E-state index in [1.165, 1.54) is 93.9 Å². The van der Waals surface area contributed by atoms with Gasteiger partial charge in [0.25, 0.3) is 0 Å². The lowest BCUT2D eigenvalue weighted by Gasteiger charge is -2.54. The average Bonchev–Trinajstić information content (AvgIpc) is 2.96. The fourth-order valence-corrected chi connectivity index (χ4v) is 12.4. The van der Waals surface area contributed by atoms with E-state index in [4.69, 9.17) is 4.98 Å². The van der Waals surface area contributed by atoms with Crippen molar-refractivity contribution in [3.8, 4) is 11.3 Å². The maximum atomic E-state index is 5.23. The van der Waals surface area contributed by atoms with E-state index < -0.39 is 8.07 Å². The molecule has 8 rings (SSSR count). The lowest BCUT2D eigenvalue weighted by molar-refractivity contribution is -0.0359. The zero-order valence-electron chi connectivity index (χ0n) is 29.9. The summed E-state index contributed by atoms with van der Waals surface area (Å²) in [6.07, 6.45) is 11.1. The molecule has 0 atom stereocenters. The van der Waals surface area contributed by atoms with Gasteiger partial charge < -0.3 is 0 Å². The van der Waals surface area contributed by atoms with Crippen LogP contribution in [0.25, 0.3) is 11.3 Å². The number of pyridine rings is 1. The highest BCUT2D eigenvalue weighted by atomic mass is 28.3. The van der Waals surface area contributed by atoms with Gasteiger partial charge in [-0.05, 0) is 132 Å². The largest absolute Gasteiger partial charge is 0.256 e. The van der Waals surface area contributed by atoms with Gasteiger partial charge in [0.2, 0.25) is 6.71 Å². The van der Waals surface area contributed by atoms with Gasteiger partial charge in [0, 0.05) is 6.20 Å². The number of hydrogen-bond donors (Lipinski definition) is 0. The van der Waals surface area contributed by atoms with Crippen LogP contribution in [0.15, 0.2) is 60.8 Å². The van der Waals surface area contributed by atoms with Gasteiger partial charge in [0.05, 0.1) is 13.8 Å². The molecule has 1 heterocycles. The predicted octanol–water partition coefficient (Wildman–Crippen LogP) is 8.28. The SMILES string of the molecule is Cc1cc(C)c(B(c2cccc(-c3cc(CC4C5CC6CC(C5)CC4C6)c([Si](C)(C)C)cn3)c2)c2c(C)cc(C)cc2C)c(C)c1. The van der Waals surface area contributed by atoms with Crippen molar-refractivity contribution in [3.05, 3.63) is 99.7 Å². The Bertz CT molecular complexity index is 1660. The maximum absolute atomic E-state index is 5.23. The van der Waals surface area contributed by atoms with Gasteiger partial charge in [-0.15, -0.1) is 0 Å². The first-order valence-electron chi connectivity index (χ1n) is 18.1. The van der Waals surface area contributed by atoms with Crippen molar-refractivity contribution in [2.24, 2.45) is 29.6 Å². The van der Waals surface area contributed by atoms with E-state index in [1.54, 1.807) is 10.8 Å². The first-order valence-corrected chi connectivity index (χ1v) is 21.6. The monoisotopic (exact) mass is 623 g/mol. The van der Waals surface area contributed by atoms with Crippen molar-refractivity contribution in [1.29, 1.82) is 0 Å². The highest BCUT2D eigenvalue weighted by Crippen LogP contribution is 2.57. The van der Waals surface area contributed by atoms with Gasteiger partial charge in [0.15, 0.2) is 0 Å². The fraction of sp³-hybridized carbons (Fsp3) is 0.465. The van der Waals surface area contributed by atoms with Crippen LogP contribution in [0.1, 0.15) is 71.0 Å². The first-order chi connectivity index (χ1) is 21.9. The highest BCUT2D eigenvalue weighted by molar-refractivity contribution is 6.96. The molecule has 0 radical (unpaired) electrons. The summed E-state index contributed by atoms with van der Waals surface area (Å²) in [7, 11) is -1.54. The summed E-state index contributed by atoms with van der Waals surface area (Å²) in [5, 5.41) is 1.58. The summed E-state index contributed by atoms with van der Waals surface area (Å²) >= 11 is 0. The summed E-state index contributed by atoms with van der Waals surface area (Å²) < 4.78 is 0. The Morgan fingerprint density at radius 1 is 0.674 bits per heavy atom. The van der Waals surface area contributed by atoms with Crippen LogP contribution in [0.2, 0.25) is 19.6 Å². The number of aryl methyl sites for hydroxylation is 6. The van der Waals surface area contributed by atoms with E-state index >= 15 is 0 Å². The molecule has 3 heteroatoms. The lowest BCUT2D eigenvalue weighted by Crippen LogP contribution is -2.55. The molecule has 0 amide bonds. The molecular weight excluding hydrogens is 569 g/mol. The van der Waals surface area contributed by atoms with E-state index in [-0.39, 0.29) is 6.71 Å². The van der Waals surface area contributed by atoms with Gasteiger partial charge in [-0.1, -0.05) is 118 Å². The third kappa shape index (κ3) is 5.87. The Hall–Kier alpha value is -2.91. The molecule has 4 saturated carbocycles. The van der Waals surface area contributed by atoms with Gasteiger partial charge in [-0.2, -0.15) is 0 Å². The van der Waals surface area contributed by atoms with Gasteiger partial charge in [0.1, 0.15) is 0 Å². The molecule has 4 aliphatic carbocycles. The number of benzene rings is 3. The van der Waals surface area contributed by atoms with Crippen molar-refractivity contribution in [2.45, 2.75) is 99.7 Å². The van der Waals surface area contributed by atoms with E-state index in [1.807, 2.05) is 0 Å². The van der Waals surface area contributed by atoms with Crippen molar-refractivity contribution in [3.63, 3.8) is 0 Å². The minimum atomic E-state index is -1.54. The van der Waals surface area contributed by atoms with Crippen LogP contribution in [0.4, 0.5) is 0 Å². The third-order valence-corrected chi connectivity index (χ3v) is 14.3. The predicted molar refractivity (Wildman–Crippen MR) is 203 cm³/mol. The second-order valence-electron chi connectivity index (χ2n) is 17.0. The number of hydrogen-bond acceptors (Lipinski definition) is 1. The zero-order valence-corrected chi connectivity index (χ0v) is 30.9. The molecule has 0 aliphatic heterocycles. The van der Waals surface area contributed by atoms with Crippen LogP contribution >= 0.6 is 0 Å². The Morgan fingerprint density at radius 2 is 1.20 bits per heavy atom. The molecule has 0 spiro atoms. The molecule has 0 saturated heterocycles. The molecular formula is C43H54BNSi. The molecule has 4 aromatic rings. The van der Waals surface area contributed by atoms with Gasteiger partial charge in [-0.3, -0.25) is 4.98 Å². The molecule has 1 nitrogen and oxygen atoms in total. The van der Waals surface area contributed by atoms with Crippen LogP contribution in [0.5, 0.6) is 0 Å². The quantitative estimate of drug-likeness (QED) is 0.189. The molecule has 238 valence electrons. The van der Waals surface area contributed by atoms with Crippen LogP contribution in [0, 0.1) is 71.1 Å². The van der Waals surface area contributed by atoms with Crippen LogP contribution in [-0.4, -0.2) is 19.8 Å². The Kier molecular flexibility index (Phi) is 8.24. The molecule has 4 bridgehead atoms. The van der Waals surface area contributed by atoms with Crippen molar-refractivity contribution in [1.82, 2.24) is 4.98 Å².